The number of nitrogens with zero attached hydrogens (tertiary/aromatic N) is 2. The number of benzene rings is 5. The van der Waals surface area contributed by atoms with Crippen LogP contribution in [0.25, 0.3) is 11.1 Å². The smallest absolute Gasteiger partial charge is 0.0464 e. The largest absolute Gasteiger partial charge is 0.338 e. The maximum Gasteiger partial charge on any atom is 0.0464 e. The Bertz CT molecular complexity index is 1580. The summed E-state index contributed by atoms with van der Waals surface area (Å²) < 4.78 is 0. The van der Waals surface area contributed by atoms with E-state index < -0.39 is 0 Å². The fourth-order valence-electron chi connectivity index (χ4n) is 5.77. The zero-order valence-corrected chi connectivity index (χ0v) is 23.4. The van der Waals surface area contributed by atoms with Crippen molar-refractivity contribution in [3.63, 3.8) is 0 Å². The van der Waals surface area contributed by atoms with Crippen LogP contribution in [0.15, 0.2) is 140 Å². The second-order valence-electron chi connectivity index (χ2n) is 10.8. The number of allylic oxidation sites excluding steroid dienone is 1. The van der Waals surface area contributed by atoms with Gasteiger partial charge in [-0.3, -0.25) is 0 Å². The molecule has 40 heavy (non-hydrogen) atoms. The summed E-state index contributed by atoms with van der Waals surface area (Å²) in [6, 6.07) is 46.7. The molecule has 1 aliphatic rings. The summed E-state index contributed by atoms with van der Waals surface area (Å²) in [4.78, 5) is 4.85. The van der Waals surface area contributed by atoms with Crippen molar-refractivity contribution in [3.8, 4) is 11.1 Å². The van der Waals surface area contributed by atoms with E-state index in [1.807, 2.05) is 0 Å². The summed E-state index contributed by atoms with van der Waals surface area (Å²) in [5.41, 5.74) is 11.0. The van der Waals surface area contributed by atoms with Crippen molar-refractivity contribution in [2.45, 2.75) is 39.2 Å². The Hall–Kier alpha value is -4.56. The fraction of sp³-hybridized carbons (Fsp3) is 0.158. The van der Waals surface area contributed by atoms with Crippen molar-refractivity contribution in [1.82, 2.24) is 0 Å². The lowest BCUT2D eigenvalue weighted by molar-refractivity contribution is 0.591. The molecule has 5 aromatic carbocycles. The Kier molecular flexibility index (Phi) is 7.50. The van der Waals surface area contributed by atoms with E-state index in [0.717, 1.165) is 29.9 Å². The minimum atomic E-state index is 0.475. The normalized spacial score (nSPS) is 14.6. The van der Waals surface area contributed by atoms with Gasteiger partial charge in [0.05, 0.1) is 0 Å². The van der Waals surface area contributed by atoms with Gasteiger partial charge >= 0.3 is 0 Å². The molecule has 0 saturated heterocycles. The molecular formula is C38H36N2. The van der Waals surface area contributed by atoms with Gasteiger partial charge in [-0.05, 0) is 116 Å². The van der Waals surface area contributed by atoms with Gasteiger partial charge in [-0.15, -0.1) is 0 Å². The average Bonchev–Trinajstić information content (AvgIpc) is 3.00. The number of aryl methyl sites for hydroxylation is 2. The summed E-state index contributed by atoms with van der Waals surface area (Å²) in [5.74, 6) is 0. The van der Waals surface area contributed by atoms with E-state index in [1.54, 1.807) is 0 Å². The van der Waals surface area contributed by atoms with Gasteiger partial charge in [-0.25, -0.2) is 0 Å². The molecule has 1 aliphatic carbocycles. The highest BCUT2D eigenvalue weighted by molar-refractivity contribution is 5.79. The van der Waals surface area contributed by atoms with Crippen molar-refractivity contribution in [2.75, 3.05) is 9.80 Å². The molecule has 2 heteroatoms. The van der Waals surface area contributed by atoms with Gasteiger partial charge in [0.1, 0.15) is 0 Å². The van der Waals surface area contributed by atoms with Crippen molar-refractivity contribution in [3.05, 3.63) is 151 Å². The zero-order chi connectivity index (χ0) is 27.3. The third-order valence-corrected chi connectivity index (χ3v) is 7.76. The van der Waals surface area contributed by atoms with Gasteiger partial charge in [0, 0.05) is 34.5 Å². The molecule has 0 N–H and O–H groups in total. The lowest BCUT2D eigenvalue weighted by Crippen LogP contribution is -2.31. The number of rotatable bonds is 7. The summed E-state index contributed by atoms with van der Waals surface area (Å²) in [6.07, 6.45) is 8.04. The molecule has 0 bridgehead atoms. The van der Waals surface area contributed by atoms with Crippen LogP contribution in [0.4, 0.5) is 28.4 Å². The van der Waals surface area contributed by atoms with Crippen LogP contribution < -0.4 is 9.80 Å². The SMILES string of the molecule is Cc1cccc(N(c2ccccc2)c2ccc(-c3ccc(N(c4cccc(C)c4)C4CC=CCC4)cc3)cc2)c1. The first-order chi connectivity index (χ1) is 19.7. The lowest BCUT2D eigenvalue weighted by atomic mass is 9.97. The minimum absolute atomic E-state index is 0.475. The fourth-order valence-corrected chi connectivity index (χ4v) is 5.77. The van der Waals surface area contributed by atoms with Crippen LogP contribution in [-0.2, 0) is 0 Å². The van der Waals surface area contributed by atoms with Crippen molar-refractivity contribution in [1.29, 1.82) is 0 Å². The molecule has 0 aliphatic heterocycles. The monoisotopic (exact) mass is 520 g/mol. The molecule has 0 saturated carbocycles. The van der Waals surface area contributed by atoms with Gasteiger partial charge in [0.2, 0.25) is 0 Å². The highest BCUT2D eigenvalue weighted by Gasteiger charge is 2.21. The molecule has 0 spiro atoms. The first-order valence-corrected chi connectivity index (χ1v) is 14.3. The van der Waals surface area contributed by atoms with E-state index in [0.29, 0.717) is 6.04 Å². The Balaban J connectivity index is 1.30. The molecule has 0 amide bonds. The highest BCUT2D eigenvalue weighted by atomic mass is 15.2. The number of anilines is 5. The maximum atomic E-state index is 2.53. The van der Waals surface area contributed by atoms with Gasteiger partial charge in [-0.1, -0.05) is 78.9 Å². The second-order valence-corrected chi connectivity index (χ2v) is 10.8. The minimum Gasteiger partial charge on any atom is -0.338 e. The summed E-state index contributed by atoms with van der Waals surface area (Å²) in [6.45, 7) is 4.32. The van der Waals surface area contributed by atoms with E-state index in [1.165, 1.54) is 40.0 Å². The summed E-state index contributed by atoms with van der Waals surface area (Å²) >= 11 is 0. The Morgan fingerprint density at radius 3 is 1.65 bits per heavy atom. The molecule has 6 rings (SSSR count). The average molecular weight is 521 g/mol. The highest BCUT2D eigenvalue weighted by Crippen LogP contribution is 2.37. The predicted molar refractivity (Wildman–Crippen MR) is 171 cm³/mol. The molecule has 5 aromatic rings. The third kappa shape index (κ3) is 5.58. The van der Waals surface area contributed by atoms with Crippen LogP contribution in [0.3, 0.4) is 0 Å². The molecule has 0 aromatic heterocycles. The Morgan fingerprint density at radius 1 is 0.500 bits per heavy atom. The molecule has 0 fully saturated rings. The second kappa shape index (κ2) is 11.7. The molecule has 0 heterocycles. The van der Waals surface area contributed by atoms with Gasteiger partial charge in [0.15, 0.2) is 0 Å². The standard InChI is InChI=1S/C38H36N2/c1-29-11-9-17-37(27-29)39(33-13-5-3-6-14-33)35-23-19-31(20-24-35)32-21-25-36(26-22-32)40(34-15-7-4-8-16-34)38-18-10-12-30(2)28-38/h3-7,9-14,17-28,34H,8,15-16H2,1-2H3. The van der Waals surface area contributed by atoms with Gasteiger partial charge < -0.3 is 9.80 Å². The van der Waals surface area contributed by atoms with Crippen LogP contribution in [0.5, 0.6) is 0 Å². The lowest BCUT2D eigenvalue weighted by Gasteiger charge is -2.35. The maximum absolute atomic E-state index is 2.53. The Morgan fingerprint density at radius 2 is 1.05 bits per heavy atom. The molecule has 1 unspecified atom stereocenters. The number of para-hydroxylation sites is 1. The topological polar surface area (TPSA) is 6.48 Å². The van der Waals surface area contributed by atoms with Crippen molar-refractivity contribution in [2.24, 2.45) is 0 Å². The van der Waals surface area contributed by atoms with E-state index in [9.17, 15) is 0 Å². The van der Waals surface area contributed by atoms with Crippen LogP contribution in [0, 0.1) is 13.8 Å². The predicted octanol–water partition coefficient (Wildman–Crippen LogP) is 10.7. The molecule has 1 atom stereocenters. The third-order valence-electron chi connectivity index (χ3n) is 7.76. The van der Waals surface area contributed by atoms with Crippen molar-refractivity contribution < 1.29 is 0 Å². The van der Waals surface area contributed by atoms with Gasteiger partial charge in [-0.2, -0.15) is 0 Å². The first kappa shape index (κ1) is 25.7. The van der Waals surface area contributed by atoms with Crippen LogP contribution in [-0.4, -0.2) is 6.04 Å². The van der Waals surface area contributed by atoms with E-state index in [4.69, 9.17) is 0 Å². The zero-order valence-electron chi connectivity index (χ0n) is 23.4. The Labute approximate surface area is 238 Å². The number of hydrogen-bond acceptors (Lipinski definition) is 2. The summed E-state index contributed by atoms with van der Waals surface area (Å²) in [5, 5.41) is 0. The summed E-state index contributed by atoms with van der Waals surface area (Å²) in [7, 11) is 0. The molecule has 0 radical (unpaired) electrons. The van der Waals surface area contributed by atoms with E-state index in [-0.39, 0.29) is 0 Å². The number of hydrogen-bond donors (Lipinski definition) is 0. The van der Waals surface area contributed by atoms with Crippen molar-refractivity contribution >= 4 is 28.4 Å². The van der Waals surface area contributed by atoms with Crippen LogP contribution in [0.2, 0.25) is 0 Å². The quantitative estimate of drug-likeness (QED) is 0.197. The first-order valence-electron chi connectivity index (χ1n) is 14.3. The van der Waals surface area contributed by atoms with E-state index in [2.05, 4.69) is 163 Å². The molecular weight excluding hydrogens is 484 g/mol. The van der Waals surface area contributed by atoms with Crippen LogP contribution >= 0.6 is 0 Å². The molecule has 2 nitrogen and oxygen atoms in total. The van der Waals surface area contributed by atoms with Crippen LogP contribution in [0.1, 0.15) is 30.4 Å². The molecule has 198 valence electrons. The van der Waals surface area contributed by atoms with Gasteiger partial charge in [0.25, 0.3) is 0 Å². The van der Waals surface area contributed by atoms with E-state index >= 15 is 0 Å².